The smallest absolute Gasteiger partial charge is 0.338 e. The van der Waals surface area contributed by atoms with Crippen molar-refractivity contribution >= 4 is 5.97 Å². The Bertz CT molecular complexity index is 593. The molecular formula is C17H18O4. The van der Waals surface area contributed by atoms with Crippen LogP contribution in [0.1, 0.15) is 22.8 Å². The van der Waals surface area contributed by atoms with E-state index in [1.54, 1.807) is 25.3 Å². The van der Waals surface area contributed by atoms with Crippen LogP contribution in [0.5, 0.6) is 11.5 Å². The standard InChI is InChI=1S/C17H18O4/c1-3-20-16-11-14(9-10-15(16)19-2)17(18)21-12-13-7-5-4-6-8-13/h4-11H,3,12H2,1-2H3. The molecule has 21 heavy (non-hydrogen) atoms. The van der Waals surface area contributed by atoms with Gasteiger partial charge in [0.15, 0.2) is 11.5 Å². The molecule has 4 heteroatoms. The van der Waals surface area contributed by atoms with Gasteiger partial charge in [0.1, 0.15) is 6.61 Å². The number of carbonyl (C=O) groups is 1. The quantitative estimate of drug-likeness (QED) is 0.763. The third-order valence-corrected chi connectivity index (χ3v) is 2.91. The number of methoxy groups -OCH3 is 1. The molecule has 0 aliphatic rings. The van der Waals surface area contributed by atoms with Gasteiger partial charge < -0.3 is 14.2 Å². The van der Waals surface area contributed by atoms with Crippen molar-refractivity contribution in [1.82, 2.24) is 0 Å². The van der Waals surface area contributed by atoms with Crippen LogP contribution >= 0.6 is 0 Å². The van der Waals surface area contributed by atoms with Crippen molar-refractivity contribution in [2.24, 2.45) is 0 Å². The fourth-order valence-electron chi connectivity index (χ4n) is 1.88. The predicted molar refractivity (Wildman–Crippen MR) is 79.7 cm³/mol. The normalized spacial score (nSPS) is 10.0. The fraction of sp³-hybridized carbons (Fsp3) is 0.235. The summed E-state index contributed by atoms with van der Waals surface area (Å²) in [7, 11) is 1.56. The molecule has 0 heterocycles. The van der Waals surface area contributed by atoms with E-state index in [2.05, 4.69) is 0 Å². The number of carbonyl (C=O) groups excluding carboxylic acids is 1. The van der Waals surface area contributed by atoms with Crippen molar-refractivity contribution in [2.75, 3.05) is 13.7 Å². The second kappa shape index (κ2) is 7.33. The molecule has 0 bridgehead atoms. The zero-order valence-corrected chi connectivity index (χ0v) is 12.2. The lowest BCUT2D eigenvalue weighted by Gasteiger charge is -2.11. The Kier molecular flexibility index (Phi) is 5.21. The highest BCUT2D eigenvalue weighted by Gasteiger charge is 2.12. The number of esters is 1. The van der Waals surface area contributed by atoms with Crippen LogP contribution in [0.15, 0.2) is 48.5 Å². The summed E-state index contributed by atoms with van der Waals surface area (Å²) in [5.41, 5.74) is 1.39. The minimum absolute atomic E-state index is 0.246. The van der Waals surface area contributed by atoms with Gasteiger partial charge in [-0.05, 0) is 30.7 Å². The molecule has 0 fully saturated rings. The minimum atomic E-state index is -0.387. The Morgan fingerprint density at radius 2 is 1.81 bits per heavy atom. The van der Waals surface area contributed by atoms with Crippen LogP contribution in [0.25, 0.3) is 0 Å². The van der Waals surface area contributed by atoms with Crippen LogP contribution in [-0.2, 0) is 11.3 Å². The average molecular weight is 286 g/mol. The Morgan fingerprint density at radius 1 is 1.05 bits per heavy atom. The summed E-state index contributed by atoms with van der Waals surface area (Å²) in [6, 6.07) is 14.5. The zero-order chi connectivity index (χ0) is 15.1. The summed E-state index contributed by atoms with van der Waals surface area (Å²) < 4.78 is 15.9. The first-order valence-corrected chi connectivity index (χ1v) is 6.76. The molecule has 0 saturated heterocycles. The lowest BCUT2D eigenvalue weighted by molar-refractivity contribution is 0.0472. The molecule has 110 valence electrons. The van der Waals surface area contributed by atoms with E-state index in [9.17, 15) is 4.79 Å². The second-order valence-corrected chi connectivity index (χ2v) is 4.36. The van der Waals surface area contributed by atoms with Crippen molar-refractivity contribution in [3.63, 3.8) is 0 Å². The van der Waals surface area contributed by atoms with Gasteiger partial charge in [0.2, 0.25) is 0 Å². The molecule has 0 atom stereocenters. The summed E-state index contributed by atoms with van der Waals surface area (Å²) in [4.78, 5) is 12.1. The monoisotopic (exact) mass is 286 g/mol. The van der Waals surface area contributed by atoms with Crippen LogP contribution in [0.4, 0.5) is 0 Å². The Labute approximate surface area is 124 Å². The fourth-order valence-corrected chi connectivity index (χ4v) is 1.88. The van der Waals surface area contributed by atoms with Gasteiger partial charge >= 0.3 is 5.97 Å². The molecule has 2 aromatic carbocycles. The molecule has 2 rings (SSSR count). The number of hydrogen-bond donors (Lipinski definition) is 0. The van der Waals surface area contributed by atoms with Gasteiger partial charge in [-0.3, -0.25) is 0 Å². The van der Waals surface area contributed by atoms with Gasteiger partial charge in [-0.1, -0.05) is 30.3 Å². The highest BCUT2D eigenvalue weighted by molar-refractivity contribution is 5.90. The van der Waals surface area contributed by atoms with E-state index in [4.69, 9.17) is 14.2 Å². The predicted octanol–water partition coefficient (Wildman–Crippen LogP) is 3.45. The van der Waals surface area contributed by atoms with E-state index in [1.807, 2.05) is 37.3 Å². The molecule has 0 radical (unpaired) electrons. The van der Waals surface area contributed by atoms with E-state index in [-0.39, 0.29) is 12.6 Å². The molecule has 2 aromatic rings. The zero-order valence-electron chi connectivity index (χ0n) is 12.2. The van der Waals surface area contributed by atoms with E-state index < -0.39 is 0 Å². The largest absolute Gasteiger partial charge is 0.493 e. The third kappa shape index (κ3) is 3.99. The van der Waals surface area contributed by atoms with Crippen LogP contribution in [0, 0.1) is 0 Å². The Morgan fingerprint density at radius 3 is 2.48 bits per heavy atom. The lowest BCUT2D eigenvalue weighted by atomic mass is 10.2. The highest BCUT2D eigenvalue weighted by Crippen LogP contribution is 2.28. The van der Waals surface area contributed by atoms with Gasteiger partial charge in [-0.25, -0.2) is 4.79 Å². The average Bonchev–Trinajstić information content (AvgIpc) is 2.54. The third-order valence-electron chi connectivity index (χ3n) is 2.91. The minimum Gasteiger partial charge on any atom is -0.493 e. The summed E-state index contributed by atoms with van der Waals surface area (Å²) in [6.45, 7) is 2.62. The van der Waals surface area contributed by atoms with Gasteiger partial charge in [0.05, 0.1) is 19.3 Å². The topological polar surface area (TPSA) is 44.8 Å². The Balaban J connectivity index is 2.06. The van der Waals surface area contributed by atoms with Crippen LogP contribution < -0.4 is 9.47 Å². The SMILES string of the molecule is CCOc1cc(C(=O)OCc2ccccc2)ccc1OC. The molecule has 0 spiro atoms. The van der Waals surface area contributed by atoms with E-state index in [1.165, 1.54) is 0 Å². The van der Waals surface area contributed by atoms with Gasteiger partial charge in [-0.2, -0.15) is 0 Å². The van der Waals surface area contributed by atoms with E-state index >= 15 is 0 Å². The first kappa shape index (κ1) is 14.9. The van der Waals surface area contributed by atoms with Crippen molar-refractivity contribution < 1.29 is 19.0 Å². The maximum absolute atomic E-state index is 12.1. The molecule has 0 aliphatic heterocycles. The molecular weight excluding hydrogens is 268 g/mol. The summed E-state index contributed by atoms with van der Waals surface area (Å²) in [6.07, 6.45) is 0. The maximum Gasteiger partial charge on any atom is 0.338 e. The summed E-state index contributed by atoms with van der Waals surface area (Å²) >= 11 is 0. The van der Waals surface area contributed by atoms with E-state index in [0.29, 0.717) is 23.7 Å². The highest BCUT2D eigenvalue weighted by atomic mass is 16.5. The van der Waals surface area contributed by atoms with Crippen LogP contribution in [0.2, 0.25) is 0 Å². The Hall–Kier alpha value is -2.49. The maximum atomic E-state index is 12.1. The number of rotatable bonds is 6. The molecule has 4 nitrogen and oxygen atoms in total. The van der Waals surface area contributed by atoms with E-state index in [0.717, 1.165) is 5.56 Å². The molecule has 0 unspecified atom stereocenters. The number of ether oxygens (including phenoxy) is 3. The lowest BCUT2D eigenvalue weighted by Crippen LogP contribution is -2.06. The van der Waals surface area contributed by atoms with Gasteiger partial charge in [-0.15, -0.1) is 0 Å². The van der Waals surface area contributed by atoms with Crippen molar-refractivity contribution in [2.45, 2.75) is 13.5 Å². The van der Waals surface area contributed by atoms with Crippen molar-refractivity contribution in [3.05, 3.63) is 59.7 Å². The summed E-state index contributed by atoms with van der Waals surface area (Å²) in [5.74, 6) is 0.744. The molecule has 0 aliphatic carbocycles. The van der Waals surface area contributed by atoms with Crippen molar-refractivity contribution in [1.29, 1.82) is 0 Å². The molecule has 0 saturated carbocycles. The second-order valence-electron chi connectivity index (χ2n) is 4.36. The summed E-state index contributed by atoms with van der Waals surface area (Å²) in [5, 5.41) is 0. The van der Waals surface area contributed by atoms with Gasteiger partial charge in [0.25, 0.3) is 0 Å². The first-order chi connectivity index (χ1) is 10.2. The number of benzene rings is 2. The molecule has 0 amide bonds. The number of hydrogen-bond acceptors (Lipinski definition) is 4. The van der Waals surface area contributed by atoms with Crippen LogP contribution in [-0.4, -0.2) is 19.7 Å². The van der Waals surface area contributed by atoms with Crippen molar-refractivity contribution in [3.8, 4) is 11.5 Å². The van der Waals surface area contributed by atoms with Gasteiger partial charge in [0, 0.05) is 0 Å². The molecule has 0 N–H and O–H groups in total. The van der Waals surface area contributed by atoms with Crippen LogP contribution in [0.3, 0.4) is 0 Å². The first-order valence-electron chi connectivity index (χ1n) is 6.76. The molecule has 0 aromatic heterocycles.